The van der Waals surface area contributed by atoms with Crippen LogP contribution < -0.4 is 10.1 Å². The lowest BCUT2D eigenvalue weighted by Gasteiger charge is -2.23. The highest BCUT2D eigenvalue weighted by Gasteiger charge is 2.29. The fourth-order valence-electron chi connectivity index (χ4n) is 2.44. The number of benzene rings is 2. The number of carbonyl (C=O) groups is 1. The average molecular weight is 267 g/mol. The second-order valence-corrected chi connectivity index (χ2v) is 5.66. The second-order valence-electron chi connectivity index (χ2n) is 5.66. The molecule has 3 nitrogen and oxygen atoms in total. The summed E-state index contributed by atoms with van der Waals surface area (Å²) in [5.74, 6) is 0.708. The lowest BCUT2D eigenvalue weighted by atomic mass is 10.0. The predicted molar refractivity (Wildman–Crippen MR) is 79.8 cm³/mol. The molecule has 0 saturated carbocycles. The van der Waals surface area contributed by atoms with E-state index in [1.807, 2.05) is 62.4 Å². The van der Waals surface area contributed by atoms with E-state index >= 15 is 0 Å². The van der Waals surface area contributed by atoms with Gasteiger partial charge in [-0.05, 0) is 37.1 Å². The molecule has 0 aromatic heterocycles. The van der Waals surface area contributed by atoms with Gasteiger partial charge in [0.05, 0.1) is 12.1 Å². The normalized spacial score (nSPS) is 16.6. The van der Waals surface area contributed by atoms with E-state index in [4.69, 9.17) is 4.74 Å². The van der Waals surface area contributed by atoms with Crippen LogP contribution in [0.5, 0.6) is 5.75 Å². The zero-order chi connectivity index (χ0) is 14.2. The van der Waals surface area contributed by atoms with E-state index in [0.717, 1.165) is 22.6 Å². The van der Waals surface area contributed by atoms with Gasteiger partial charge in [0.25, 0.3) is 0 Å². The fraction of sp³-hybridized carbons (Fsp3) is 0.235. The van der Waals surface area contributed by atoms with Crippen molar-refractivity contribution in [1.29, 1.82) is 0 Å². The first kappa shape index (κ1) is 12.7. The molecule has 0 bridgehead atoms. The van der Waals surface area contributed by atoms with Crippen LogP contribution in [-0.4, -0.2) is 11.5 Å². The van der Waals surface area contributed by atoms with Gasteiger partial charge in [-0.3, -0.25) is 4.79 Å². The largest absolute Gasteiger partial charge is 0.485 e. The summed E-state index contributed by atoms with van der Waals surface area (Å²) >= 11 is 0. The average Bonchev–Trinajstić information content (AvgIpc) is 2.52. The Labute approximate surface area is 118 Å². The molecule has 0 spiro atoms. The van der Waals surface area contributed by atoms with Crippen LogP contribution in [0.4, 0.5) is 5.69 Å². The lowest BCUT2D eigenvalue weighted by Crippen LogP contribution is -2.30. The number of ether oxygens (including phenoxy) is 1. The lowest BCUT2D eigenvalue weighted by molar-refractivity contribution is -0.118. The summed E-state index contributed by atoms with van der Waals surface area (Å²) in [5.41, 5.74) is 2.44. The third kappa shape index (κ3) is 2.52. The number of amides is 1. The molecule has 1 heterocycles. The maximum atomic E-state index is 11.9. The molecule has 1 N–H and O–H groups in total. The maximum absolute atomic E-state index is 11.9. The molecule has 1 amide bonds. The molecular weight excluding hydrogens is 250 g/mol. The van der Waals surface area contributed by atoms with Crippen LogP contribution in [0.15, 0.2) is 48.5 Å². The number of anilines is 1. The number of fused-ring (bicyclic) bond motifs is 1. The standard InChI is InChI=1S/C17H17NO2/c1-17(2)11-16(19)18-14-10-13(8-9-15(14)20-17)12-6-4-3-5-7-12/h3-10H,11H2,1-2H3,(H,18,19). The predicted octanol–water partition coefficient (Wildman–Crippen LogP) is 3.85. The van der Waals surface area contributed by atoms with Gasteiger partial charge in [-0.25, -0.2) is 0 Å². The van der Waals surface area contributed by atoms with Gasteiger partial charge in [-0.2, -0.15) is 0 Å². The molecule has 1 aliphatic heterocycles. The quantitative estimate of drug-likeness (QED) is 0.852. The topological polar surface area (TPSA) is 38.3 Å². The molecule has 0 unspecified atom stereocenters. The summed E-state index contributed by atoms with van der Waals surface area (Å²) in [6, 6.07) is 16.0. The van der Waals surface area contributed by atoms with Crippen LogP contribution in [0.1, 0.15) is 20.3 Å². The molecule has 2 aromatic carbocycles. The summed E-state index contributed by atoms with van der Waals surface area (Å²) in [5, 5.41) is 2.92. The van der Waals surface area contributed by atoms with Gasteiger partial charge in [-0.1, -0.05) is 36.4 Å². The van der Waals surface area contributed by atoms with Crippen molar-refractivity contribution in [2.24, 2.45) is 0 Å². The monoisotopic (exact) mass is 267 g/mol. The van der Waals surface area contributed by atoms with Crippen molar-refractivity contribution in [3.63, 3.8) is 0 Å². The third-order valence-corrected chi connectivity index (χ3v) is 3.33. The smallest absolute Gasteiger partial charge is 0.228 e. The summed E-state index contributed by atoms with van der Waals surface area (Å²) < 4.78 is 5.92. The minimum absolute atomic E-state index is 0.0149. The van der Waals surface area contributed by atoms with Crippen molar-refractivity contribution in [3.8, 4) is 16.9 Å². The van der Waals surface area contributed by atoms with Crippen LogP contribution in [0.2, 0.25) is 0 Å². The highest BCUT2D eigenvalue weighted by Crippen LogP contribution is 2.36. The van der Waals surface area contributed by atoms with E-state index < -0.39 is 5.60 Å². The number of hydrogen-bond acceptors (Lipinski definition) is 2. The molecule has 0 radical (unpaired) electrons. The van der Waals surface area contributed by atoms with Crippen LogP contribution in [0, 0.1) is 0 Å². The van der Waals surface area contributed by atoms with E-state index in [0.29, 0.717) is 6.42 Å². The van der Waals surface area contributed by atoms with Gasteiger partial charge in [0.1, 0.15) is 11.4 Å². The molecule has 0 aliphatic carbocycles. The van der Waals surface area contributed by atoms with E-state index in [2.05, 4.69) is 5.32 Å². The van der Waals surface area contributed by atoms with Crippen molar-refractivity contribution >= 4 is 11.6 Å². The first-order chi connectivity index (χ1) is 9.53. The van der Waals surface area contributed by atoms with Crippen LogP contribution in [0.25, 0.3) is 11.1 Å². The molecule has 0 saturated heterocycles. The number of rotatable bonds is 1. The van der Waals surface area contributed by atoms with Crippen molar-refractivity contribution in [1.82, 2.24) is 0 Å². The molecule has 2 aromatic rings. The van der Waals surface area contributed by atoms with Crippen LogP contribution >= 0.6 is 0 Å². The Bertz CT molecular complexity index is 647. The number of hydrogen-bond donors (Lipinski definition) is 1. The van der Waals surface area contributed by atoms with Crippen LogP contribution in [-0.2, 0) is 4.79 Å². The van der Waals surface area contributed by atoms with Gasteiger partial charge in [-0.15, -0.1) is 0 Å². The molecule has 20 heavy (non-hydrogen) atoms. The molecule has 0 atom stereocenters. The summed E-state index contributed by atoms with van der Waals surface area (Å²) in [6.07, 6.45) is 0.350. The van der Waals surface area contributed by atoms with Crippen molar-refractivity contribution < 1.29 is 9.53 Å². The molecule has 0 fully saturated rings. The Kier molecular flexibility index (Phi) is 2.97. The van der Waals surface area contributed by atoms with Gasteiger partial charge < -0.3 is 10.1 Å². The van der Waals surface area contributed by atoms with Crippen molar-refractivity contribution in [2.45, 2.75) is 25.9 Å². The van der Waals surface area contributed by atoms with E-state index in [9.17, 15) is 4.79 Å². The zero-order valence-corrected chi connectivity index (χ0v) is 11.6. The van der Waals surface area contributed by atoms with Gasteiger partial charge in [0, 0.05) is 0 Å². The fourth-order valence-corrected chi connectivity index (χ4v) is 2.44. The minimum Gasteiger partial charge on any atom is -0.485 e. The highest BCUT2D eigenvalue weighted by atomic mass is 16.5. The van der Waals surface area contributed by atoms with Crippen molar-refractivity contribution in [2.75, 3.05) is 5.32 Å². The number of carbonyl (C=O) groups excluding carboxylic acids is 1. The Morgan fingerprint density at radius 2 is 1.80 bits per heavy atom. The maximum Gasteiger partial charge on any atom is 0.228 e. The first-order valence-corrected chi connectivity index (χ1v) is 6.72. The Morgan fingerprint density at radius 3 is 2.55 bits per heavy atom. The van der Waals surface area contributed by atoms with Gasteiger partial charge in [0.15, 0.2) is 0 Å². The summed E-state index contributed by atoms with van der Waals surface area (Å²) in [7, 11) is 0. The zero-order valence-electron chi connectivity index (χ0n) is 11.6. The Morgan fingerprint density at radius 1 is 1.05 bits per heavy atom. The second kappa shape index (κ2) is 4.67. The minimum atomic E-state index is -0.483. The summed E-state index contributed by atoms with van der Waals surface area (Å²) in [4.78, 5) is 11.9. The highest BCUT2D eigenvalue weighted by molar-refractivity contribution is 5.94. The van der Waals surface area contributed by atoms with Gasteiger partial charge in [0.2, 0.25) is 5.91 Å². The number of nitrogens with one attached hydrogen (secondary N) is 1. The van der Waals surface area contributed by atoms with Crippen LogP contribution in [0.3, 0.4) is 0 Å². The SMILES string of the molecule is CC1(C)CC(=O)Nc2cc(-c3ccccc3)ccc2O1. The first-order valence-electron chi connectivity index (χ1n) is 6.72. The molecular formula is C17H17NO2. The summed E-state index contributed by atoms with van der Waals surface area (Å²) in [6.45, 7) is 3.85. The van der Waals surface area contributed by atoms with E-state index in [-0.39, 0.29) is 5.91 Å². The Balaban J connectivity index is 2.03. The third-order valence-electron chi connectivity index (χ3n) is 3.33. The van der Waals surface area contributed by atoms with E-state index in [1.165, 1.54) is 0 Å². The molecule has 3 rings (SSSR count). The Hall–Kier alpha value is -2.29. The van der Waals surface area contributed by atoms with Crippen molar-refractivity contribution in [3.05, 3.63) is 48.5 Å². The van der Waals surface area contributed by atoms with Gasteiger partial charge >= 0.3 is 0 Å². The molecule has 102 valence electrons. The molecule has 1 aliphatic rings. The van der Waals surface area contributed by atoms with E-state index in [1.54, 1.807) is 0 Å². The molecule has 3 heteroatoms.